The number of nitrogens with zero attached hydrogens (tertiary/aromatic N) is 1. The van der Waals surface area contributed by atoms with E-state index < -0.39 is 0 Å². The number of allylic oxidation sites excluding steroid dienone is 1. The molecule has 0 saturated heterocycles. The summed E-state index contributed by atoms with van der Waals surface area (Å²) in [6.45, 7) is 0.910. The summed E-state index contributed by atoms with van der Waals surface area (Å²) in [5, 5.41) is 9.29. The van der Waals surface area contributed by atoms with Crippen LogP contribution in [-0.2, 0) is 0 Å². The first-order valence-electron chi connectivity index (χ1n) is 9.75. The summed E-state index contributed by atoms with van der Waals surface area (Å²) in [6.07, 6.45) is 16.2. The Bertz CT molecular complexity index is 576. The minimum atomic E-state index is -0.126. The molecule has 1 fully saturated rings. The van der Waals surface area contributed by atoms with Crippen LogP contribution in [0.25, 0.3) is 0 Å². The topological polar surface area (TPSA) is 66.0 Å². The van der Waals surface area contributed by atoms with Crippen molar-refractivity contribution in [3.63, 3.8) is 0 Å². The molecule has 0 bridgehead atoms. The molecule has 2 aliphatic carbocycles. The summed E-state index contributed by atoms with van der Waals surface area (Å²) in [5.41, 5.74) is 2.30. The maximum absolute atomic E-state index is 12.0. The van der Waals surface area contributed by atoms with Gasteiger partial charge in [-0.15, -0.1) is 0 Å². The van der Waals surface area contributed by atoms with E-state index in [1.165, 1.54) is 44.9 Å². The smallest absolute Gasteiger partial charge is 0.319 e. The van der Waals surface area contributed by atoms with E-state index in [-0.39, 0.29) is 6.03 Å². The van der Waals surface area contributed by atoms with Crippen molar-refractivity contribution in [2.24, 2.45) is 0 Å². The molecule has 136 valence electrons. The SMILES string of the molecule is O=C(Nc1ccc(NCCC2=CCCCC2)nc1)NC1CCCCC1. The van der Waals surface area contributed by atoms with Gasteiger partial charge >= 0.3 is 6.03 Å². The normalized spacial score (nSPS) is 18.3. The van der Waals surface area contributed by atoms with Crippen molar-refractivity contribution in [1.29, 1.82) is 0 Å². The van der Waals surface area contributed by atoms with Crippen LogP contribution in [0.5, 0.6) is 0 Å². The largest absolute Gasteiger partial charge is 0.370 e. The monoisotopic (exact) mass is 342 g/mol. The van der Waals surface area contributed by atoms with Gasteiger partial charge in [0.1, 0.15) is 5.82 Å². The molecule has 0 aliphatic heterocycles. The van der Waals surface area contributed by atoms with Crippen molar-refractivity contribution in [1.82, 2.24) is 10.3 Å². The third kappa shape index (κ3) is 6.07. The Labute approximate surface area is 150 Å². The van der Waals surface area contributed by atoms with Crippen LogP contribution in [0.4, 0.5) is 16.3 Å². The van der Waals surface area contributed by atoms with E-state index in [2.05, 4.69) is 27.0 Å². The second-order valence-electron chi connectivity index (χ2n) is 7.15. The number of rotatable bonds is 6. The number of pyridine rings is 1. The summed E-state index contributed by atoms with van der Waals surface area (Å²) < 4.78 is 0. The zero-order chi connectivity index (χ0) is 17.3. The Balaban J connectivity index is 1.39. The molecule has 1 saturated carbocycles. The summed E-state index contributed by atoms with van der Waals surface area (Å²) in [5.74, 6) is 0.856. The quantitative estimate of drug-likeness (QED) is 0.648. The highest BCUT2D eigenvalue weighted by Crippen LogP contribution is 2.20. The predicted molar refractivity (Wildman–Crippen MR) is 103 cm³/mol. The Kier molecular flexibility index (Phi) is 6.71. The maximum Gasteiger partial charge on any atom is 0.319 e. The van der Waals surface area contributed by atoms with Gasteiger partial charge in [0.2, 0.25) is 0 Å². The van der Waals surface area contributed by atoms with Crippen LogP contribution in [0.2, 0.25) is 0 Å². The molecule has 25 heavy (non-hydrogen) atoms. The lowest BCUT2D eigenvalue weighted by atomic mass is 9.96. The standard InChI is InChI=1S/C20H30N4O/c25-20(23-17-9-5-2-6-10-17)24-18-11-12-19(22-15-18)21-14-13-16-7-3-1-4-8-16/h7,11-12,15,17H,1-6,8-10,13-14H2,(H,21,22)(H2,23,24,25). The fourth-order valence-electron chi connectivity index (χ4n) is 3.65. The van der Waals surface area contributed by atoms with Gasteiger partial charge in [-0.25, -0.2) is 9.78 Å². The minimum absolute atomic E-state index is 0.126. The van der Waals surface area contributed by atoms with Gasteiger partial charge in [0, 0.05) is 12.6 Å². The molecule has 5 nitrogen and oxygen atoms in total. The molecule has 1 aromatic heterocycles. The molecule has 3 N–H and O–H groups in total. The Morgan fingerprint density at radius 2 is 2.00 bits per heavy atom. The third-order valence-electron chi connectivity index (χ3n) is 5.10. The van der Waals surface area contributed by atoms with Gasteiger partial charge in [-0.1, -0.05) is 30.9 Å². The average Bonchev–Trinajstić information content (AvgIpc) is 2.65. The molecule has 1 aromatic rings. The first-order chi connectivity index (χ1) is 12.3. The summed E-state index contributed by atoms with van der Waals surface area (Å²) in [6, 6.07) is 4.01. The molecule has 3 rings (SSSR count). The summed E-state index contributed by atoms with van der Waals surface area (Å²) in [4.78, 5) is 16.4. The van der Waals surface area contributed by atoms with Gasteiger partial charge in [0.25, 0.3) is 0 Å². The molecule has 2 aliphatic rings. The van der Waals surface area contributed by atoms with Gasteiger partial charge < -0.3 is 16.0 Å². The van der Waals surface area contributed by atoms with E-state index in [1.54, 1.807) is 11.8 Å². The number of hydrogen-bond donors (Lipinski definition) is 3. The van der Waals surface area contributed by atoms with Crippen LogP contribution in [0.3, 0.4) is 0 Å². The van der Waals surface area contributed by atoms with Crippen LogP contribution in [0.15, 0.2) is 30.0 Å². The molecule has 1 heterocycles. The van der Waals surface area contributed by atoms with E-state index in [1.807, 2.05) is 12.1 Å². The molecule has 2 amide bonds. The van der Waals surface area contributed by atoms with Crippen molar-refractivity contribution in [2.75, 3.05) is 17.2 Å². The first kappa shape index (κ1) is 17.8. The molecule has 0 atom stereocenters. The lowest BCUT2D eigenvalue weighted by Crippen LogP contribution is -2.39. The Hall–Kier alpha value is -2.04. The van der Waals surface area contributed by atoms with E-state index in [0.717, 1.165) is 37.3 Å². The third-order valence-corrected chi connectivity index (χ3v) is 5.10. The van der Waals surface area contributed by atoms with Gasteiger partial charge in [0.05, 0.1) is 11.9 Å². The number of carbonyl (C=O) groups excluding carboxylic acids is 1. The van der Waals surface area contributed by atoms with Gasteiger partial charge in [-0.05, 0) is 57.1 Å². The maximum atomic E-state index is 12.0. The number of hydrogen-bond acceptors (Lipinski definition) is 3. The van der Waals surface area contributed by atoms with Crippen molar-refractivity contribution >= 4 is 17.5 Å². The lowest BCUT2D eigenvalue weighted by Gasteiger charge is -2.22. The van der Waals surface area contributed by atoms with E-state index in [4.69, 9.17) is 0 Å². The second-order valence-corrected chi connectivity index (χ2v) is 7.15. The predicted octanol–water partition coefficient (Wildman–Crippen LogP) is 4.84. The van der Waals surface area contributed by atoms with E-state index >= 15 is 0 Å². The lowest BCUT2D eigenvalue weighted by molar-refractivity contribution is 0.244. The van der Waals surface area contributed by atoms with Crippen LogP contribution < -0.4 is 16.0 Å². The van der Waals surface area contributed by atoms with Crippen LogP contribution >= 0.6 is 0 Å². The number of aromatic nitrogens is 1. The number of carbonyl (C=O) groups is 1. The highest BCUT2D eigenvalue weighted by Gasteiger charge is 2.15. The van der Waals surface area contributed by atoms with Crippen LogP contribution in [0.1, 0.15) is 64.2 Å². The van der Waals surface area contributed by atoms with Crippen molar-refractivity contribution in [3.8, 4) is 0 Å². The Morgan fingerprint density at radius 3 is 2.72 bits per heavy atom. The molecular weight excluding hydrogens is 312 g/mol. The van der Waals surface area contributed by atoms with Crippen molar-refractivity contribution < 1.29 is 4.79 Å². The fourth-order valence-corrected chi connectivity index (χ4v) is 3.65. The molecule has 0 aromatic carbocycles. The highest BCUT2D eigenvalue weighted by atomic mass is 16.2. The first-order valence-corrected chi connectivity index (χ1v) is 9.75. The van der Waals surface area contributed by atoms with Gasteiger partial charge in [-0.3, -0.25) is 0 Å². The van der Waals surface area contributed by atoms with Crippen molar-refractivity contribution in [3.05, 3.63) is 30.0 Å². The molecule has 0 unspecified atom stereocenters. The highest BCUT2D eigenvalue weighted by molar-refractivity contribution is 5.89. The molecule has 5 heteroatoms. The Morgan fingerprint density at radius 1 is 1.12 bits per heavy atom. The van der Waals surface area contributed by atoms with Crippen LogP contribution in [0, 0.1) is 0 Å². The average molecular weight is 342 g/mol. The minimum Gasteiger partial charge on any atom is -0.370 e. The molecular formula is C20H30N4O. The second kappa shape index (κ2) is 9.44. The number of nitrogens with one attached hydrogen (secondary N) is 3. The van der Waals surface area contributed by atoms with E-state index in [0.29, 0.717) is 6.04 Å². The van der Waals surface area contributed by atoms with Crippen LogP contribution in [-0.4, -0.2) is 23.6 Å². The van der Waals surface area contributed by atoms with Gasteiger partial charge in [0.15, 0.2) is 0 Å². The summed E-state index contributed by atoms with van der Waals surface area (Å²) in [7, 11) is 0. The van der Waals surface area contributed by atoms with Gasteiger partial charge in [-0.2, -0.15) is 0 Å². The number of amides is 2. The van der Waals surface area contributed by atoms with E-state index in [9.17, 15) is 4.79 Å². The molecule has 0 spiro atoms. The van der Waals surface area contributed by atoms with Crippen molar-refractivity contribution in [2.45, 2.75) is 70.3 Å². The number of anilines is 2. The summed E-state index contributed by atoms with van der Waals surface area (Å²) >= 11 is 0. The zero-order valence-electron chi connectivity index (χ0n) is 15.0. The fraction of sp³-hybridized carbons (Fsp3) is 0.600. The molecule has 0 radical (unpaired) electrons. The number of urea groups is 1. The zero-order valence-corrected chi connectivity index (χ0v) is 15.0.